The van der Waals surface area contributed by atoms with Crippen molar-refractivity contribution in [1.29, 1.82) is 0 Å². The Hall–Kier alpha value is -2.28. The van der Waals surface area contributed by atoms with Gasteiger partial charge in [0.2, 0.25) is 5.91 Å². The lowest BCUT2D eigenvalue weighted by molar-refractivity contribution is -0.133. The van der Waals surface area contributed by atoms with Gasteiger partial charge in [0.15, 0.2) is 5.58 Å². The monoisotopic (exact) mass is 468 g/mol. The molecule has 2 aliphatic heterocycles. The van der Waals surface area contributed by atoms with E-state index in [2.05, 4.69) is 17.1 Å². The van der Waals surface area contributed by atoms with E-state index in [0.29, 0.717) is 30.4 Å². The molecule has 7 nitrogen and oxygen atoms in total. The molecule has 34 heavy (non-hydrogen) atoms. The van der Waals surface area contributed by atoms with E-state index >= 15 is 0 Å². The Labute approximate surface area is 202 Å². The first kappa shape index (κ1) is 23.5. The van der Waals surface area contributed by atoms with Crippen molar-refractivity contribution in [3.63, 3.8) is 0 Å². The molecule has 1 saturated heterocycles. The summed E-state index contributed by atoms with van der Waals surface area (Å²) in [4.78, 5) is 32.0. The lowest BCUT2D eigenvalue weighted by Crippen LogP contribution is -2.65. The molecular formula is C27H40N4O3. The molecule has 1 saturated carbocycles. The van der Waals surface area contributed by atoms with E-state index < -0.39 is 5.54 Å². The van der Waals surface area contributed by atoms with Crippen LogP contribution in [-0.4, -0.2) is 63.4 Å². The maximum atomic E-state index is 13.8. The normalized spacial score (nSPS) is 27.1. The highest BCUT2D eigenvalue weighted by Gasteiger charge is 2.48. The molecule has 0 radical (unpaired) electrons. The number of fused-ring (bicyclic) bond motifs is 3. The van der Waals surface area contributed by atoms with Crippen molar-refractivity contribution in [3.05, 3.63) is 24.1 Å². The number of carbonyl (C=O) groups excluding carboxylic acids is 2. The number of nitrogens with zero attached hydrogens (tertiary/aromatic N) is 3. The predicted octanol–water partition coefficient (Wildman–Crippen LogP) is 4.55. The van der Waals surface area contributed by atoms with Gasteiger partial charge in [-0.15, -0.1) is 0 Å². The maximum Gasteiger partial charge on any atom is 0.271 e. The van der Waals surface area contributed by atoms with Gasteiger partial charge in [-0.05, 0) is 52.5 Å². The van der Waals surface area contributed by atoms with Gasteiger partial charge in [0.05, 0.1) is 18.3 Å². The van der Waals surface area contributed by atoms with Crippen LogP contribution in [0.2, 0.25) is 0 Å². The van der Waals surface area contributed by atoms with E-state index in [1.165, 1.54) is 32.1 Å². The number of nitrogens with one attached hydrogen (secondary N) is 1. The van der Waals surface area contributed by atoms with Crippen LogP contribution in [0.4, 0.5) is 0 Å². The van der Waals surface area contributed by atoms with Crippen LogP contribution in [0.5, 0.6) is 0 Å². The third-order valence-electron chi connectivity index (χ3n) is 8.50. The zero-order valence-electron chi connectivity index (χ0n) is 20.9. The van der Waals surface area contributed by atoms with E-state index in [0.717, 1.165) is 50.7 Å². The van der Waals surface area contributed by atoms with Crippen LogP contribution < -0.4 is 5.32 Å². The molecule has 4 heterocycles. The molecule has 0 bridgehead atoms. The highest BCUT2D eigenvalue weighted by Crippen LogP contribution is 2.33. The summed E-state index contributed by atoms with van der Waals surface area (Å²) in [7, 11) is 0. The van der Waals surface area contributed by atoms with Gasteiger partial charge in [0.1, 0.15) is 11.2 Å². The van der Waals surface area contributed by atoms with Gasteiger partial charge in [-0.3, -0.25) is 9.59 Å². The van der Waals surface area contributed by atoms with Crippen LogP contribution in [0.15, 0.2) is 22.8 Å². The minimum Gasteiger partial charge on any atom is -0.463 e. The molecular weight excluding hydrogens is 428 g/mol. The van der Waals surface area contributed by atoms with Crippen molar-refractivity contribution >= 4 is 22.9 Å². The molecule has 3 aliphatic rings. The first-order chi connectivity index (χ1) is 16.5. The predicted molar refractivity (Wildman–Crippen MR) is 133 cm³/mol. The van der Waals surface area contributed by atoms with Crippen LogP contribution in [0.1, 0.15) is 88.5 Å². The summed E-state index contributed by atoms with van der Waals surface area (Å²) >= 11 is 0. The molecule has 186 valence electrons. The number of carbonyl (C=O) groups is 2. The number of hydrogen-bond donors (Lipinski definition) is 1. The van der Waals surface area contributed by atoms with Crippen molar-refractivity contribution in [3.8, 4) is 0 Å². The average molecular weight is 469 g/mol. The quantitative estimate of drug-likeness (QED) is 0.632. The molecule has 0 spiro atoms. The SMILES string of the molecule is CC1CCCCN1CCCN1C(=O)c2cc3occc3n2CC1(C)C(=O)NC1CCCCCC1. The smallest absolute Gasteiger partial charge is 0.271 e. The topological polar surface area (TPSA) is 70.7 Å². The summed E-state index contributed by atoms with van der Waals surface area (Å²) in [6.07, 6.45) is 13.2. The number of rotatable bonds is 6. The molecule has 2 fully saturated rings. The van der Waals surface area contributed by atoms with Gasteiger partial charge in [-0.2, -0.15) is 0 Å². The number of hydrogen-bond acceptors (Lipinski definition) is 4. The number of furan rings is 1. The molecule has 2 atom stereocenters. The van der Waals surface area contributed by atoms with Crippen molar-refractivity contribution in [2.45, 2.75) is 102 Å². The standard InChI is InChI=1S/C27H40N4O3/c1-20-10-7-8-14-29(20)15-9-16-31-25(32)23-18-24-22(13-17-34-24)30(23)19-27(31,2)26(33)28-21-11-5-3-4-6-12-21/h13,17-18,20-21H,3-12,14-16,19H2,1-2H3,(H,28,33). The Kier molecular flexibility index (Phi) is 6.74. The summed E-state index contributed by atoms with van der Waals surface area (Å²) in [5, 5.41) is 3.35. The highest BCUT2D eigenvalue weighted by molar-refractivity contribution is 6.02. The van der Waals surface area contributed by atoms with Crippen LogP contribution >= 0.6 is 0 Å². The summed E-state index contributed by atoms with van der Waals surface area (Å²) < 4.78 is 7.57. The van der Waals surface area contributed by atoms with E-state index in [-0.39, 0.29) is 17.9 Å². The Morgan fingerprint density at radius 1 is 1.12 bits per heavy atom. The third kappa shape index (κ3) is 4.39. The van der Waals surface area contributed by atoms with E-state index in [1.807, 2.05) is 28.5 Å². The molecule has 2 unspecified atom stereocenters. The molecule has 2 aromatic rings. The first-order valence-electron chi connectivity index (χ1n) is 13.4. The van der Waals surface area contributed by atoms with Gasteiger partial charge in [-0.1, -0.05) is 32.1 Å². The van der Waals surface area contributed by atoms with Crippen molar-refractivity contribution < 1.29 is 14.0 Å². The maximum absolute atomic E-state index is 13.8. The van der Waals surface area contributed by atoms with Gasteiger partial charge in [0.25, 0.3) is 5.91 Å². The number of likely N-dealkylation sites (tertiary alicyclic amines) is 1. The van der Waals surface area contributed by atoms with Crippen LogP contribution in [0.25, 0.3) is 11.1 Å². The fraction of sp³-hybridized carbons (Fsp3) is 0.704. The molecule has 0 aromatic carbocycles. The lowest BCUT2D eigenvalue weighted by atomic mass is 9.93. The zero-order valence-corrected chi connectivity index (χ0v) is 20.9. The summed E-state index contributed by atoms with van der Waals surface area (Å²) in [6, 6.07) is 4.53. The molecule has 1 aliphatic carbocycles. The fourth-order valence-corrected chi connectivity index (χ4v) is 6.31. The Bertz CT molecular complexity index is 1020. The largest absolute Gasteiger partial charge is 0.463 e. The second kappa shape index (κ2) is 9.76. The van der Waals surface area contributed by atoms with E-state index in [1.54, 1.807) is 6.26 Å². The number of aromatic nitrogens is 1. The average Bonchev–Trinajstić information content (AvgIpc) is 3.31. The minimum absolute atomic E-state index is 0.0184. The Morgan fingerprint density at radius 2 is 1.88 bits per heavy atom. The number of piperidine rings is 1. The molecule has 5 rings (SSSR count). The van der Waals surface area contributed by atoms with Gasteiger partial charge in [-0.25, -0.2) is 0 Å². The summed E-state index contributed by atoms with van der Waals surface area (Å²) in [5.41, 5.74) is 1.30. The van der Waals surface area contributed by atoms with Crippen LogP contribution in [0.3, 0.4) is 0 Å². The van der Waals surface area contributed by atoms with E-state index in [9.17, 15) is 9.59 Å². The Morgan fingerprint density at radius 3 is 2.65 bits per heavy atom. The van der Waals surface area contributed by atoms with Crippen molar-refractivity contribution in [2.24, 2.45) is 0 Å². The minimum atomic E-state index is -0.923. The Balaban J connectivity index is 1.38. The molecule has 2 amide bonds. The van der Waals surface area contributed by atoms with Gasteiger partial charge >= 0.3 is 0 Å². The fourth-order valence-electron chi connectivity index (χ4n) is 6.31. The second-order valence-corrected chi connectivity index (χ2v) is 10.9. The van der Waals surface area contributed by atoms with Crippen LogP contribution in [-0.2, 0) is 11.3 Å². The second-order valence-electron chi connectivity index (χ2n) is 10.9. The number of amides is 2. The zero-order chi connectivity index (χ0) is 23.7. The third-order valence-corrected chi connectivity index (χ3v) is 8.50. The van der Waals surface area contributed by atoms with Gasteiger partial charge in [0, 0.05) is 37.3 Å². The summed E-state index contributed by atoms with van der Waals surface area (Å²) in [5.74, 6) is -0.0852. The first-order valence-corrected chi connectivity index (χ1v) is 13.4. The van der Waals surface area contributed by atoms with Crippen molar-refractivity contribution in [1.82, 2.24) is 19.7 Å². The van der Waals surface area contributed by atoms with Gasteiger partial charge < -0.3 is 24.1 Å². The lowest BCUT2D eigenvalue weighted by Gasteiger charge is -2.45. The van der Waals surface area contributed by atoms with E-state index in [4.69, 9.17) is 4.42 Å². The molecule has 2 aromatic heterocycles. The molecule has 7 heteroatoms. The molecule has 1 N–H and O–H groups in total. The summed E-state index contributed by atoms with van der Waals surface area (Å²) in [6.45, 7) is 7.40. The van der Waals surface area contributed by atoms with Crippen LogP contribution in [0, 0.1) is 0 Å². The highest BCUT2D eigenvalue weighted by atomic mass is 16.3. The van der Waals surface area contributed by atoms with Crippen molar-refractivity contribution in [2.75, 3.05) is 19.6 Å².